The van der Waals surface area contributed by atoms with Gasteiger partial charge in [0.2, 0.25) is 5.88 Å². The molecule has 1 aromatic heterocycles. The van der Waals surface area contributed by atoms with E-state index in [1.54, 1.807) is 30.3 Å². The first-order chi connectivity index (χ1) is 12.7. The molecule has 1 saturated heterocycles. The summed E-state index contributed by atoms with van der Waals surface area (Å²) >= 11 is 0. The number of carbonyl (C=O) groups excluding carboxylic acids is 1. The number of carbonyl (C=O) groups is 1. The Hall–Kier alpha value is -2.76. The number of ether oxygens (including phenoxy) is 3. The number of aromatic nitrogens is 1. The number of benzene rings is 1. The van der Waals surface area contributed by atoms with Gasteiger partial charge in [0.15, 0.2) is 0 Å². The highest BCUT2D eigenvalue weighted by atomic mass is 16.6. The van der Waals surface area contributed by atoms with E-state index >= 15 is 0 Å². The van der Waals surface area contributed by atoms with E-state index in [0.717, 1.165) is 18.4 Å². The molecule has 1 amide bonds. The lowest BCUT2D eigenvalue weighted by Gasteiger charge is -2.36. The van der Waals surface area contributed by atoms with Crippen molar-refractivity contribution in [3.63, 3.8) is 0 Å². The van der Waals surface area contributed by atoms with Crippen molar-refractivity contribution in [3.8, 4) is 11.6 Å². The average Bonchev–Trinajstić information content (AvgIpc) is 2.68. The van der Waals surface area contributed by atoms with Gasteiger partial charge in [-0.1, -0.05) is 30.3 Å². The molecule has 1 fully saturated rings. The van der Waals surface area contributed by atoms with E-state index in [9.17, 15) is 4.79 Å². The molecule has 1 aliphatic heterocycles. The second-order valence-corrected chi connectivity index (χ2v) is 6.39. The first-order valence-corrected chi connectivity index (χ1v) is 8.79. The van der Waals surface area contributed by atoms with Gasteiger partial charge >= 0.3 is 6.09 Å². The molecule has 0 bridgehead atoms. The summed E-state index contributed by atoms with van der Waals surface area (Å²) in [7, 11) is 1.60. The summed E-state index contributed by atoms with van der Waals surface area (Å²) in [4.78, 5) is 18.4. The first-order valence-electron chi connectivity index (χ1n) is 8.79. The molecule has 0 radical (unpaired) electrons. The number of rotatable bonds is 5. The fourth-order valence-electron chi connectivity index (χ4n) is 2.98. The zero-order valence-corrected chi connectivity index (χ0v) is 15.1. The third-order valence-electron chi connectivity index (χ3n) is 4.51. The van der Waals surface area contributed by atoms with Gasteiger partial charge in [0.05, 0.1) is 13.7 Å². The van der Waals surface area contributed by atoms with Gasteiger partial charge in [-0.05, 0) is 31.4 Å². The molecular weight excluding hydrogens is 332 g/mol. The molecule has 2 unspecified atom stereocenters. The fraction of sp³-hybridized carbons (Fsp3) is 0.400. The van der Waals surface area contributed by atoms with E-state index < -0.39 is 0 Å². The van der Waals surface area contributed by atoms with Crippen LogP contribution in [0.3, 0.4) is 0 Å². The maximum Gasteiger partial charge on any atom is 0.410 e. The van der Waals surface area contributed by atoms with E-state index in [0.29, 0.717) is 18.2 Å². The second kappa shape index (κ2) is 8.56. The first kappa shape index (κ1) is 18.0. The molecule has 0 aliphatic carbocycles. The van der Waals surface area contributed by atoms with Gasteiger partial charge in [-0.25, -0.2) is 9.78 Å². The molecule has 1 aliphatic rings. The minimum absolute atomic E-state index is 0.116. The van der Waals surface area contributed by atoms with E-state index in [1.165, 1.54) is 0 Å². The molecule has 0 N–H and O–H groups in total. The van der Waals surface area contributed by atoms with Gasteiger partial charge in [-0.2, -0.15) is 0 Å². The number of pyridine rings is 1. The third-order valence-corrected chi connectivity index (χ3v) is 4.51. The zero-order chi connectivity index (χ0) is 18.4. The topological polar surface area (TPSA) is 60.9 Å². The Labute approximate surface area is 153 Å². The molecule has 0 spiro atoms. The van der Waals surface area contributed by atoms with Gasteiger partial charge < -0.3 is 19.1 Å². The number of hydrogen-bond donors (Lipinski definition) is 0. The monoisotopic (exact) mass is 356 g/mol. The van der Waals surface area contributed by atoms with Gasteiger partial charge in [0.25, 0.3) is 0 Å². The minimum Gasteiger partial charge on any atom is -0.497 e. The van der Waals surface area contributed by atoms with Crippen LogP contribution >= 0.6 is 0 Å². The van der Waals surface area contributed by atoms with Crippen LogP contribution in [0.4, 0.5) is 4.79 Å². The largest absolute Gasteiger partial charge is 0.497 e. The summed E-state index contributed by atoms with van der Waals surface area (Å²) in [6.45, 7) is 2.78. The van der Waals surface area contributed by atoms with Crippen LogP contribution in [0.5, 0.6) is 11.6 Å². The van der Waals surface area contributed by atoms with Crippen molar-refractivity contribution >= 4 is 6.09 Å². The Morgan fingerprint density at radius 3 is 2.81 bits per heavy atom. The molecule has 26 heavy (non-hydrogen) atoms. The molecule has 2 heterocycles. The zero-order valence-electron chi connectivity index (χ0n) is 15.1. The van der Waals surface area contributed by atoms with Crippen LogP contribution < -0.4 is 9.47 Å². The molecule has 2 atom stereocenters. The maximum absolute atomic E-state index is 12.5. The average molecular weight is 356 g/mol. The molecule has 1 aromatic carbocycles. The van der Waals surface area contributed by atoms with Crippen LogP contribution in [0.15, 0.2) is 48.7 Å². The predicted molar refractivity (Wildman–Crippen MR) is 97.2 cm³/mol. The molecule has 0 saturated carbocycles. The lowest BCUT2D eigenvalue weighted by atomic mass is 10.0. The molecule has 2 aromatic rings. The summed E-state index contributed by atoms with van der Waals surface area (Å²) < 4.78 is 16.6. The SMILES string of the molecule is COc1ccnc(OC2CCC(C)N(C(=O)OCc3ccccc3)C2)c1. The van der Waals surface area contributed by atoms with E-state index in [2.05, 4.69) is 4.98 Å². The lowest BCUT2D eigenvalue weighted by Crippen LogP contribution is -2.49. The number of methoxy groups -OCH3 is 1. The quantitative estimate of drug-likeness (QED) is 0.818. The Morgan fingerprint density at radius 2 is 2.04 bits per heavy atom. The van der Waals surface area contributed by atoms with Gasteiger partial charge in [0, 0.05) is 18.3 Å². The van der Waals surface area contributed by atoms with Crippen LogP contribution in [-0.4, -0.2) is 41.8 Å². The summed E-state index contributed by atoms with van der Waals surface area (Å²) in [6.07, 6.45) is 2.94. The van der Waals surface area contributed by atoms with Crippen molar-refractivity contribution in [2.75, 3.05) is 13.7 Å². The standard InChI is InChI=1S/C20H24N2O4/c1-15-8-9-18(26-19-12-17(24-2)10-11-21-19)13-22(15)20(23)25-14-16-6-4-3-5-7-16/h3-7,10-12,15,18H,8-9,13-14H2,1-2H3. The highest BCUT2D eigenvalue weighted by Gasteiger charge is 2.31. The van der Waals surface area contributed by atoms with Crippen molar-refractivity contribution in [1.29, 1.82) is 0 Å². The van der Waals surface area contributed by atoms with Crippen molar-refractivity contribution in [3.05, 3.63) is 54.2 Å². The summed E-state index contributed by atoms with van der Waals surface area (Å²) in [5.74, 6) is 1.19. The van der Waals surface area contributed by atoms with Crippen molar-refractivity contribution in [1.82, 2.24) is 9.88 Å². The van der Waals surface area contributed by atoms with Crippen LogP contribution in [0.25, 0.3) is 0 Å². The Morgan fingerprint density at radius 1 is 1.23 bits per heavy atom. The second-order valence-electron chi connectivity index (χ2n) is 6.39. The van der Waals surface area contributed by atoms with Crippen molar-refractivity contribution < 1.29 is 19.0 Å². The number of likely N-dealkylation sites (tertiary alicyclic amines) is 1. The molecule has 6 nitrogen and oxygen atoms in total. The highest BCUT2D eigenvalue weighted by Crippen LogP contribution is 2.23. The van der Waals surface area contributed by atoms with Gasteiger partial charge in [-0.3, -0.25) is 0 Å². The highest BCUT2D eigenvalue weighted by molar-refractivity contribution is 5.68. The van der Waals surface area contributed by atoms with Crippen molar-refractivity contribution in [2.24, 2.45) is 0 Å². The minimum atomic E-state index is -0.312. The number of piperidine rings is 1. The van der Waals surface area contributed by atoms with E-state index in [-0.39, 0.29) is 24.8 Å². The van der Waals surface area contributed by atoms with Crippen LogP contribution in [-0.2, 0) is 11.3 Å². The molecular formula is C20H24N2O4. The smallest absolute Gasteiger partial charge is 0.410 e. The number of hydrogen-bond acceptors (Lipinski definition) is 5. The Balaban J connectivity index is 1.57. The van der Waals surface area contributed by atoms with E-state index in [1.807, 2.05) is 37.3 Å². The number of nitrogens with zero attached hydrogens (tertiary/aromatic N) is 2. The number of amides is 1. The van der Waals surface area contributed by atoms with E-state index in [4.69, 9.17) is 14.2 Å². The van der Waals surface area contributed by atoms with Crippen LogP contribution in [0, 0.1) is 0 Å². The lowest BCUT2D eigenvalue weighted by molar-refractivity contribution is 0.0323. The Bertz CT molecular complexity index is 723. The van der Waals surface area contributed by atoms with Gasteiger partial charge in [-0.15, -0.1) is 0 Å². The fourth-order valence-corrected chi connectivity index (χ4v) is 2.98. The Kier molecular flexibility index (Phi) is 5.94. The molecule has 3 rings (SSSR count). The molecule has 6 heteroatoms. The summed E-state index contributed by atoms with van der Waals surface area (Å²) in [5.41, 5.74) is 0.971. The maximum atomic E-state index is 12.5. The van der Waals surface area contributed by atoms with Crippen molar-refractivity contribution in [2.45, 2.75) is 38.5 Å². The van der Waals surface area contributed by atoms with Gasteiger partial charge in [0.1, 0.15) is 18.5 Å². The van der Waals surface area contributed by atoms with Crippen LogP contribution in [0.1, 0.15) is 25.3 Å². The third kappa shape index (κ3) is 4.65. The normalized spacial score (nSPS) is 19.7. The predicted octanol–water partition coefficient (Wildman–Crippen LogP) is 3.66. The summed E-state index contributed by atoms with van der Waals surface area (Å²) in [5, 5.41) is 0. The van der Waals surface area contributed by atoms with Crippen LogP contribution in [0.2, 0.25) is 0 Å². The molecule has 138 valence electrons. The summed E-state index contributed by atoms with van der Waals surface area (Å²) in [6, 6.07) is 13.3.